The second kappa shape index (κ2) is 6.51. The summed E-state index contributed by atoms with van der Waals surface area (Å²) in [6.45, 7) is -0.809. The third-order valence-electron chi connectivity index (χ3n) is 3.38. The van der Waals surface area contributed by atoms with Crippen LogP contribution in [-0.2, 0) is 4.74 Å². The highest BCUT2D eigenvalue weighted by molar-refractivity contribution is 4.91. The van der Waals surface area contributed by atoms with Gasteiger partial charge in [0.25, 0.3) is 0 Å². The third kappa shape index (κ3) is 3.40. The van der Waals surface area contributed by atoms with E-state index in [4.69, 9.17) is 4.74 Å². The number of methoxy groups -OCH3 is 1. The molecule has 0 heterocycles. The third-order valence-corrected chi connectivity index (χ3v) is 3.38. The van der Waals surface area contributed by atoms with E-state index in [-0.39, 0.29) is 32.0 Å². The first-order valence-corrected chi connectivity index (χ1v) is 5.82. The molecule has 0 amide bonds. The number of nitrogens with one attached hydrogen (secondary N) is 1. The molecular weight excluding hydrogens is 210 g/mol. The second-order valence-corrected chi connectivity index (χ2v) is 4.62. The maximum atomic E-state index is 9.22. The number of rotatable bonds is 6. The van der Waals surface area contributed by atoms with Crippen molar-refractivity contribution in [1.82, 2.24) is 5.32 Å². The van der Waals surface area contributed by atoms with E-state index in [0.717, 1.165) is 25.7 Å². The number of hydrogen-bond acceptors (Lipinski definition) is 5. The minimum atomic E-state index is -0.972. The number of ether oxygens (including phenoxy) is 1. The van der Waals surface area contributed by atoms with Crippen LogP contribution in [0.25, 0.3) is 0 Å². The van der Waals surface area contributed by atoms with E-state index in [1.165, 1.54) is 0 Å². The first kappa shape index (κ1) is 13.9. The van der Waals surface area contributed by atoms with Gasteiger partial charge in [-0.1, -0.05) is 0 Å². The molecule has 1 saturated carbocycles. The van der Waals surface area contributed by atoms with Crippen molar-refractivity contribution >= 4 is 0 Å². The van der Waals surface area contributed by atoms with Crippen LogP contribution >= 0.6 is 0 Å². The van der Waals surface area contributed by atoms with Crippen molar-refractivity contribution in [2.24, 2.45) is 0 Å². The Morgan fingerprint density at radius 3 is 2.31 bits per heavy atom. The average molecular weight is 233 g/mol. The predicted molar refractivity (Wildman–Crippen MR) is 60.2 cm³/mol. The zero-order valence-corrected chi connectivity index (χ0v) is 9.85. The molecule has 2 atom stereocenters. The Morgan fingerprint density at radius 2 is 1.81 bits per heavy atom. The van der Waals surface area contributed by atoms with Crippen molar-refractivity contribution < 1.29 is 20.1 Å². The topological polar surface area (TPSA) is 82.0 Å². The smallest absolute Gasteiger partial charge is 0.0883 e. The normalized spacial score (nSPS) is 27.0. The average Bonchev–Trinajstić information content (AvgIpc) is 2.36. The second-order valence-electron chi connectivity index (χ2n) is 4.62. The van der Waals surface area contributed by atoms with Gasteiger partial charge in [-0.15, -0.1) is 0 Å². The van der Waals surface area contributed by atoms with E-state index >= 15 is 0 Å². The van der Waals surface area contributed by atoms with E-state index in [9.17, 15) is 15.3 Å². The van der Waals surface area contributed by atoms with Gasteiger partial charge in [0, 0.05) is 13.2 Å². The summed E-state index contributed by atoms with van der Waals surface area (Å²) >= 11 is 0. The Kier molecular flexibility index (Phi) is 5.64. The molecule has 5 heteroatoms. The highest BCUT2D eigenvalue weighted by Gasteiger charge is 2.32. The lowest BCUT2D eigenvalue weighted by molar-refractivity contribution is 0.0109. The number of aliphatic hydroxyl groups is 3. The van der Waals surface area contributed by atoms with Crippen molar-refractivity contribution in [1.29, 1.82) is 0 Å². The summed E-state index contributed by atoms with van der Waals surface area (Å²) < 4.78 is 5.31. The lowest BCUT2D eigenvalue weighted by Crippen LogP contribution is -2.59. The van der Waals surface area contributed by atoms with Crippen molar-refractivity contribution in [3.8, 4) is 0 Å². The van der Waals surface area contributed by atoms with Crippen LogP contribution in [0, 0.1) is 0 Å². The zero-order valence-electron chi connectivity index (χ0n) is 9.85. The molecule has 1 rings (SSSR count). The lowest BCUT2D eigenvalue weighted by Gasteiger charge is -2.37. The molecule has 0 saturated heterocycles. The van der Waals surface area contributed by atoms with Gasteiger partial charge in [0.1, 0.15) is 0 Å². The van der Waals surface area contributed by atoms with Crippen molar-refractivity contribution in [2.45, 2.75) is 43.4 Å². The fourth-order valence-corrected chi connectivity index (χ4v) is 2.21. The molecule has 0 bridgehead atoms. The van der Waals surface area contributed by atoms with Gasteiger partial charge in [0.05, 0.1) is 31.5 Å². The summed E-state index contributed by atoms with van der Waals surface area (Å²) in [5.41, 5.74) is -0.972. The number of hydrogen-bond donors (Lipinski definition) is 4. The summed E-state index contributed by atoms with van der Waals surface area (Å²) in [5, 5.41) is 30.8. The Balaban J connectivity index is 2.50. The van der Waals surface area contributed by atoms with Crippen LogP contribution in [-0.4, -0.2) is 59.9 Å². The van der Waals surface area contributed by atoms with Gasteiger partial charge in [-0.3, -0.25) is 0 Å². The molecule has 0 aromatic carbocycles. The number of aliphatic hydroxyl groups excluding tert-OH is 3. The molecule has 0 aliphatic heterocycles. The Hall–Kier alpha value is -0.200. The van der Waals surface area contributed by atoms with Crippen molar-refractivity contribution in [3.05, 3.63) is 0 Å². The largest absolute Gasteiger partial charge is 0.394 e. The Bertz CT molecular complexity index is 188. The van der Waals surface area contributed by atoms with Gasteiger partial charge in [0.15, 0.2) is 0 Å². The molecule has 1 fully saturated rings. The van der Waals surface area contributed by atoms with Crippen LogP contribution < -0.4 is 5.32 Å². The molecule has 1 aliphatic rings. The van der Waals surface area contributed by atoms with Gasteiger partial charge in [-0.05, 0) is 25.7 Å². The predicted octanol–water partition coefficient (Wildman–Crippen LogP) is -0.751. The molecule has 2 unspecified atom stereocenters. The Labute approximate surface area is 96.4 Å². The van der Waals surface area contributed by atoms with Crippen LogP contribution in [0.1, 0.15) is 25.7 Å². The van der Waals surface area contributed by atoms with E-state index in [0.29, 0.717) is 0 Å². The van der Waals surface area contributed by atoms with Crippen LogP contribution in [0.4, 0.5) is 0 Å². The van der Waals surface area contributed by atoms with E-state index in [1.807, 2.05) is 0 Å². The maximum Gasteiger partial charge on any atom is 0.0883 e. The lowest BCUT2D eigenvalue weighted by atomic mass is 9.90. The van der Waals surface area contributed by atoms with Crippen molar-refractivity contribution in [2.75, 3.05) is 26.9 Å². The van der Waals surface area contributed by atoms with Crippen LogP contribution in [0.3, 0.4) is 0 Å². The molecule has 0 radical (unpaired) electrons. The summed E-state index contributed by atoms with van der Waals surface area (Å²) in [4.78, 5) is 0. The first-order valence-electron chi connectivity index (χ1n) is 5.82. The van der Waals surface area contributed by atoms with E-state index in [1.54, 1.807) is 7.11 Å². The van der Waals surface area contributed by atoms with Crippen LogP contribution in [0.5, 0.6) is 0 Å². The molecule has 16 heavy (non-hydrogen) atoms. The van der Waals surface area contributed by atoms with Crippen LogP contribution in [0.15, 0.2) is 0 Å². The summed E-state index contributed by atoms with van der Waals surface area (Å²) in [6.07, 6.45) is 4.20. The first-order chi connectivity index (χ1) is 7.69. The standard InChI is InChI=1S/C11H23NO4/c1-16-10-4-2-3-9(5-10)12-11(6-13,7-14)8-15/h9-10,12-15H,2-8H2,1H3. The van der Waals surface area contributed by atoms with Gasteiger partial charge in [-0.2, -0.15) is 0 Å². The minimum Gasteiger partial charge on any atom is -0.394 e. The molecular formula is C11H23NO4. The van der Waals surface area contributed by atoms with Crippen LogP contribution in [0.2, 0.25) is 0 Å². The SMILES string of the molecule is COC1CCCC(NC(CO)(CO)CO)C1. The maximum absolute atomic E-state index is 9.22. The van der Waals surface area contributed by atoms with Gasteiger partial charge in [-0.25, -0.2) is 0 Å². The summed E-state index contributed by atoms with van der Waals surface area (Å²) in [6, 6.07) is 0.185. The highest BCUT2D eigenvalue weighted by Crippen LogP contribution is 2.22. The molecule has 0 aromatic heterocycles. The molecule has 4 N–H and O–H groups in total. The minimum absolute atomic E-state index is 0.185. The van der Waals surface area contributed by atoms with Gasteiger partial charge < -0.3 is 25.4 Å². The Morgan fingerprint density at radius 1 is 1.19 bits per heavy atom. The van der Waals surface area contributed by atoms with Crippen molar-refractivity contribution in [3.63, 3.8) is 0 Å². The molecule has 5 nitrogen and oxygen atoms in total. The highest BCUT2D eigenvalue weighted by atomic mass is 16.5. The fourth-order valence-electron chi connectivity index (χ4n) is 2.21. The van der Waals surface area contributed by atoms with E-state index in [2.05, 4.69) is 5.32 Å². The summed E-state index contributed by atoms with van der Waals surface area (Å²) in [5.74, 6) is 0. The van der Waals surface area contributed by atoms with Gasteiger partial charge >= 0.3 is 0 Å². The monoisotopic (exact) mass is 233 g/mol. The van der Waals surface area contributed by atoms with E-state index < -0.39 is 5.54 Å². The summed E-state index contributed by atoms with van der Waals surface area (Å²) in [7, 11) is 1.70. The quantitative estimate of drug-likeness (QED) is 0.485. The molecule has 0 spiro atoms. The zero-order chi connectivity index (χ0) is 12.0. The molecule has 1 aliphatic carbocycles. The molecule has 0 aromatic rings. The van der Waals surface area contributed by atoms with Gasteiger partial charge in [0.2, 0.25) is 0 Å². The molecule has 96 valence electrons. The fraction of sp³-hybridized carbons (Fsp3) is 1.00.